The number of rotatable bonds is 3. The first-order valence-electron chi connectivity index (χ1n) is 5.69. The molecule has 1 saturated heterocycles. The molecular weight excluding hydrogens is 223 g/mol. The van der Waals surface area contributed by atoms with E-state index in [0.29, 0.717) is 12.5 Å². The maximum absolute atomic E-state index is 13.2. The Morgan fingerprint density at radius 1 is 1.71 bits per heavy atom. The molecule has 2 unspecified atom stereocenters. The molecule has 1 aliphatic heterocycles. The Morgan fingerprint density at radius 2 is 2.53 bits per heavy atom. The van der Waals surface area contributed by atoms with Crippen molar-refractivity contribution in [1.29, 1.82) is 0 Å². The fourth-order valence-electron chi connectivity index (χ4n) is 1.92. The third-order valence-corrected chi connectivity index (χ3v) is 3.06. The zero-order valence-corrected chi connectivity index (χ0v) is 9.65. The Morgan fingerprint density at radius 3 is 3.18 bits per heavy atom. The highest BCUT2D eigenvalue weighted by molar-refractivity contribution is 5.94. The first-order chi connectivity index (χ1) is 8.18. The predicted octanol–water partition coefficient (Wildman–Crippen LogP) is 1.38. The molecule has 1 fully saturated rings. The van der Waals surface area contributed by atoms with E-state index in [1.165, 1.54) is 12.3 Å². The second-order valence-electron chi connectivity index (χ2n) is 4.18. The number of nitrogens with one attached hydrogen (secondary N) is 1. The normalized spacial score (nSPS) is 23.6. The van der Waals surface area contributed by atoms with Crippen LogP contribution in [0.3, 0.4) is 0 Å². The molecule has 1 amide bonds. The number of hydrogen-bond acceptors (Lipinski definition) is 3. The smallest absolute Gasteiger partial charge is 0.255 e. The summed E-state index contributed by atoms with van der Waals surface area (Å²) in [6.07, 6.45) is 2.39. The van der Waals surface area contributed by atoms with Crippen LogP contribution in [0.5, 0.6) is 0 Å². The molecular formula is C12H15FN2O2. The summed E-state index contributed by atoms with van der Waals surface area (Å²) in [5.41, 5.74) is -0.0148. The minimum atomic E-state index is -0.735. The zero-order valence-electron chi connectivity index (χ0n) is 9.65. The van der Waals surface area contributed by atoms with Crippen LogP contribution >= 0.6 is 0 Å². The SMILES string of the molecule is CC1OCCC1CNC(=O)c1cccnc1F. The standard InChI is InChI=1S/C12H15FN2O2/c1-8-9(4-6-17-8)7-15-12(16)10-3-2-5-14-11(10)13/h2-3,5,8-9H,4,6-7H2,1H3,(H,15,16). The van der Waals surface area contributed by atoms with Gasteiger partial charge in [0, 0.05) is 25.3 Å². The molecule has 92 valence electrons. The molecule has 1 aromatic heterocycles. The molecule has 4 nitrogen and oxygen atoms in total. The maximum Gasteiger partial charge on any atom is 0.255 e. The molecule has 1 aliphatic rings. The molecule has 0 aromatic carbocycles. The van der Waals surface area contributed by atoms with E-state index in [4.69, 9.17) is 4.74 Å². The molecule has 1 N–H and O–H groups in total. The third-order valence-electron chi connectivity index (χ3n) is 3.06. The van der Waals surface area contributed by atoms with Crippen molar-refractivity contribution in [3.05, 3.63) is 29.8 Å². The Labute approximate surface area is 99.2 Å². The van der Waals surface area contributed by atoms with Crippen molar-refractivity contribution in [2.24, 2.45) is 5.92 Å². The van der Waals surface area contributed by atoms with Gasteiger partial charge in [0.05, 0.1) is 11.7 Å². The van der Waals surface area contributed by atoms with Crippen LogP contribution in [-0.2, 0) is 4.74 Å². The van der Waals surface area contributed by atoms with Gasteiger partial charge >= 0.3 is 0 Å². The number of pyridine rings is 1. The van der Waals surface area contributed by atoms with Gasteiger partial charge in [-0.3, -0.25) is 4.79 Å². The van der Waals surface area contributed by atoms with Crippen LogP contribution in [0.15, 0.2) is 18.3 Å². The highest BCUT2D eigenvalue weighted by Gasteiger charge is 2.24. The summed E-state index contributed by atoms with van der Waals surface area (Å²) in [5, 5.41) is 2.71. The predicted molar refractivity (Wildman–Crippen MR) is 60.0 cm³/mol. The van der Waals surface area contributed by atoms with E-state index in [9.17, 15) is 9.18 Å². The average molecular weight is 238 g/mol. The second kappa shape index (κ2) is 5.23. The van der Waals surface area contributed by atoms with Gasteiger partial charge in [-0.2, -0.15) is 4.39 Å². The van der Waals surface area contributed by atoms with Gasteiger partial charge in [-0.05, 0) is 25.5 Å². The largest absolute Gasteiger partial charge is 0.378 e. The van der Waals surface area contributed by atoms with Gasteiger partial charge in [0.15, 0.2) is 0 Å². The van der Waals surface area contributed by atoms with E-state index < -0.39 is 11.9 Å². The van der Waals surface area contributed by atoms with Crippen molar-refractivity contribution in [3.8, 4) is 0 Å². The fourth-order valence-corrected chi connectivity index (χ4v) is 1.92. The van der Waals surface area contributed by atoms with Crippen LogP contribution < -0.4 is 5.32 Å². The molecule has 0 bridgehead atoms. The monoisotopic (exact) mass is 238 g/mol. The quantitative estimate of drug-likeness (QED) is 0.809. The van der Waals surface area contributed by atoms with Crippen LogP contribution in [0.1, 0.15) is 23.7 Å². The molecule has 2 rings (SSSR count). The fraction of sp³-hybridized carbons (Fsp3) is 0.500. The van der Waals surface area contributed by atoms with Gasteiger partial charge in [0.25, 0.3) is 5.91 Å². The molecule has 0 saturated carbocycles. The second-order valence-corrected chi connectivity index (χ2v) is 4.18. The molecule has 0 spiro atoms. The van der Waals surface area contributed by atoms with Crippen molar-refractivity contribution >= 4 is 5.91 Å². The van der Waals surface area contributed by atoms with Crippen LogP contribution in [0.2, 0.25) is 0 Å². The van der Waals surface area contributed by atoms with Gasteiger partial charge < -0.3 is 10.1 Å². The van der Waals surface area contributed by atoms with Crippen molar-refractivity contribution < 1.29 is 13.9 Å². The van der Waals surface area contributed by atoms with Gasteiger partial charge in [0.1, 0.15) is 0 Å². The third kappa shape index (κ3) is 2.79. The summed E-state index contributed by atoms with van der Waals surface area (Å²) in [7, 11) is 0. The summed E-state index contributed by atoms with van der Waals surface area (Å²) < 4.78 is 18.6. The van der Waals surface area contributed by atoms with E-state index in [0.717, 1.165) is 13.0 Å². The van der Waals surface area contributed by atoms with Crippen LogP contribution in [0.4, 0.5) is 4.39 Å². The topological polar surface area (TPSA) is 51.2 Å². The average Bonchev–Trinajstić information content (AvgIpc) is 2.72. The zero-order chi connectivity index (χ0) is 12.3. The number of carbonyl (C=O) groups excluding carboxylic acids is 1. The first-order valence-corrected chi connectivity index (χ1v) is 5.69. The summed E-state index contributed by atoms with van der Waals surface area (Å²) in [6.45, 7) is 3.21. The first kappa shape index (κ1) is 12.0. The molecule has 1 aromatic rings. The minimum absolute atomic E-state index is 0.0148. The molecule has 0 radical (unpaired) electrons. The van der Waals surface area contributed by atoms with Crippen molar-refractivity contribution in [1.82, 2.24) is 10.3 Å². The van der Waals surface area contributed by atoms with Crippen LogP contribution in [0, 0.1) is 11.9 Å². The minimum Gasteiger partial charge on any atom is -0.378 e. The molecule has 2 atom stereocenters. The van der Waals surface area contributed by atoms with Crippen molar-refractivity contribution in [2.45, 2.75) is 19.4 Å². The van der Waals surface area contributed by atoms with Crippen LogP contribution in [0.25, 0.3) is 0 Å². The molecule has 2 heterocycles. The van der Waals surface area contributed by atoms with Gasteiger partial charge in [-0.15, -0.1) is 0 Å². The summed E-state index contributed by atoms with van der Waals surface area (Å²) in [5.74, 6) is -0.853. The molecule has 0 aliphatic carbocycles. The number of halogens is 1. The number of aromatic nitrogens is 1. The number of ether oxygens (including phenoxy) is 1. The van der Waals surface area contributed by atoms with E-state index in [-0.39, 0.29) is 11.7 Å². The number of amides is 1. The lowest BCUT2D eigenvalue weighted by molar-refractivity contribution is 0.0903. The highest BCUT2D eigenvalue weighted by Crippen LogP contribution is 2.19. The summed E-state index contributed by atoms with van der Waals surface area (Å²) in [6, 6.07) is 2.96. The van der Waals surface area contributed by atoms with Gasteiger partial charge in [-0.1, -0.05) is 0 Å². The van der Waals surface area contributed by atoms with E-state index in [1.54, 1.807) is 6.07 Å². The summed E-state index contributed by atoms with van der Waals surface area (Å²) in [4.78, 5) is 15.1. The Hall–Kier alpha value is -1.49. The Bertz CT molecular complexity index is 411. The van der Waals surface area contributed by atoms with E-state index in [2.05, 4.69) is 10.3 Å². The highest BCUT2D eigenvalue weighted by atomic mass is 19.1. The molecule has 5 heteroatoms. The van der Waals surface area contributed by atoms with Crippen molar-refractivity contribution in [3.63, 3.8) is 0 Å². The number of nitrogens with zero attached hydrogens (tertiary/aromatic N) is 1. The van der Waals surface area contributed by atoms with Gasteiger partial charge in [0.2, 0.25) is 5.95 Å². The lowest BCUT2D eigenvalue weighted by Gasteiger charge is -2.14. The lowest BCUT2D eigenvalue weighted by Crippen LogP contribution is -2.32. The lowest BCUT2D eigenvalue weighted by atomic mass is 10.0. The van der Waals surface area contributed by atoms with Crippen LogP contribution in [-0.4, -0.2) is 30.1 Å². The Kier molecular flexibility index (Phi) is 3.68. The van der Waals surface area contributed by atoms with E-state index >= 15 is 0 Å². The number of hydrogen-bond donors (Lipinski definition) is 1. The summed E-state index contributed by atoms with van der Waals surface area (Å²) >= 11 is 0. The van der Waals surface area contributed by atoms with E-state index in [1.807, 2.05) is 6.92 Å². The number of carbonyl (C=O) groups is 1. The van der Waals surface area contributed by atoms with Gasteiger partial charge in [-0.25, -0.2) is 4.98 Å². The van der Waals surface area contributed by atoms with Crippen molar-refractivity contribution in [2.75, 3.05) is 13.2 Å². The molecule has 17 heavy (non-hydrogen) atoms. The maximum atomic E-state index is 13.2. The Balaban J connectivity index is 1.91.